The maximum absolute atomic E-state index is 5.85. The summed E-state index contributed by atoms with van der Waals surface area (Å²) in [6.07, 6.45) is 0.788. The van der Waals surface area contributed by atoms with Gasteiger partial charge in [-0.25, -0.2) is 0 Å². The van der Waals surface area contributed by atoms with Crippen LogP contribution < -0.4 is 10.5 Å². The van der Waals surface area contributed by atoms with Gasteiger partial charge in [0.25, 0.3) is 0 Å². The lowest BCUT2D eigenvalue weighted by Gasteiger charge is -2.11. The molecule has 0 radical (unpaired) electrons. The van der Waals surface area contributed by atoms with Gasteiger partial charge in [-0.1, -0.05) is 33.6 Å². The minimum atomic E-state index is 0.596. The van der Waals surface area contributed by atoms with E-state index in [1.54, 1.807) is 12.1 Å². The van der Waals surface area contributed by atoms with Crippen LogP contribution in [0, 0.1) is 0 Å². The summed E-state index contributed by atoms with van der Waals surface area (Å²) >= 11 is 9.28. The number of hydrogen-bond acceptors (Lipinski definition) is 2. The molecule has 0 bridgehead atoms. The quantitative estimate of drug-likeness (QED) is 0.904. The van der Waals surface area contributed by atoms with Crippen LogP contribution in [0.2, 0.25) is 5.02 Å². The molecule has 0 aliphatic rings. The van der Waals surface area contributed by atoms with Crippen LogP contribution in [-0.4, -0.2) is 6.54 Å². The van der Waals surface area contributed by atoms with Crippen molar-refractivity contribution in [3.63, 3.8) is 0 Å². The second-order valence-corrected chi connectivity index (χ2v) is 5.20. The highest BCUT2D eigenvalue weighted by Crippen LogP contribution is 2.29. The largest absolute Gasteiger partial charge is 0.457 e. The van der Waals surface area contributed by atoms with Crippen molar-refractivity contribution in [2.24, 2.45) is 5.73 Å². The van der Waals surface area contributed by atoms with Gasteiger partial charge in [0.2, 0.25) is 0 Å². The zero-order valence-electron chi connectivity index (χ0n) is 9.70. The average Bonchev–Trinajstić information content (AvgIpc) is 2.36. The van der Waals surface area contributed by atoms with Crippen LogP contribution in [0.5, 0.6) is 11.5 Å². The fourth-order valence-corrected chi connectivity index (χ4v) is 2.08. The molecule has 0 aliphatic carbocycles. The van der Waals surface area contributed by atoms with Gasteiger partial charge in [0.1, 0.15) is 11.5 Å². The lowest BCUT2D eigenvalue weighted by Crippen LogP contribution is -2.04. The van der Waals surface area contributed by atoms with E-state index >= 15 is 0 Å². The molecule has 0 saturated heterocycles. The number of rotatable bonds is 4. The molecule has 2 N–H and O–H groups in total. The molecule has 0 unspecified atom stereocenters. The summed E-state index contributed by atoms with van der Waals surface area (Å²) in [6, 6.07) is 13.2. The van der Waals surface area contributed by atoms with Gasteiger partial charge < -0.3 is 10.5 Å². The molecule has 2 nitrogen and oxygen atoms in total. The van der Waals surface area contributed by atoms with Crippen LogP contribution in [0.15, 0.2) is 46.9 Å². The zero-order valence-corrected chi connectivity index (χ0v) is 12.0. The summed E-state index contributed by atoms with van der Waals surface area (Å²) in [5.74, 6) is 1.58. The second-order valence-electron chi connectivity index (χ2n) is 3.85. The number of halogens is 2. The molecule has 0 aromatic heterocycles. The number of benzene rings is 2. The Morgan fingerprint density at radius 1 is 1.11 bits per heavy atom. The molecular formula is C14H13BrClNO. The van der Waals surface area contributed by atoms with Gasteiger partial charge in [-0.05, 0) is 54.9 Å². The van der Waals surface area contributed by atoms with Gasteiger partial charge in [0.15, 0.2) is 0 Å². The Labute approximate surface area is 120 Å². The Morgan fingerprint density at radius 2 is 1.83 bits per heavy atom. The van der Waals surface area contributed by atoms with Crippen LogP contribution >= 0.6 is 27.5 Å². The first kappa shape index (κ1) is 13.4. The van der Waals surface area contributed by atoms with Crippen molar-refractivity contribution in [3.8, 4) is 11.5 Å². The summed E-state index contributed by atoms with van der Waals surface area (Å²) in [7, 11) is 0. The first-order valence-electron chi connectivity index (χ1n) is 5.61. The Balaban J connectivity index is 2.26. The molecule has 0 heterocycles. The van der Waals surface area contributed by atoms with Crippen molar-refractivity contribution in [2.75, 3.05) is 6.54 Å². The molecule has 0 amide bonds. The smallest absolute Gasteiger partial charge is 0.131 e. The molecule has 0 aliphatic heterocycles. The maximum atomic E-state index is 5.85. The maximum Gasteiger partial charge on any atom is 0.131 e. The summed E-state index contributed by atoms with van der Waals surface area (Å²) in [6.45, 7) is 0.596. The molecule has 2 aromatic rings. The highest BCUT2D eigenvalue weighted by atomic mass is 79.9. The molecule has 2 aromatic carbocycles. The summed E-state index contributed by atoms with van der Waals surface area (Å²) < 4.78 is 6.83. The Morgan fingerprint density at radius 3 is 2.50 bits per heavy atom. The van der Waals surface area contributed by atoms with E-state index in [2.05, 4.69) is 15.9 Å². The van der Waals surface area contributed by atoms with Crippen LogP contribution in [0.25, 0.3) is 0 Å². The molecule has 2 rings (SSSR count). The minimum Gasteiger partial charge on any atom is -0.457 e. The average molecular weight is 327 g/mol. The first-order chi connectivity index (χ1) is 8.69. The van der Waals surface area contributed by atoms with E-state index in [0.717, 1.165) is 28.0 Å². The molecule has 0 atom stereocenters. The highest BCUT2D eigenvalue weighted by Gasteiger charge is 2.05. The van der Waals surface area contributed by atoms with Crippen LogP contribution in [0.1, 0.15) is 5.56 Å². The van der Waals surface area contributed by atoms with Gasteiger partial charge >= 0.3 is 0 Å². The third kappa shape index (κ3) is 3.48. The van der Waals surface area contributed by atoms with Crippen LogP contribution in [-0.2, 0) is 6.42 Å². The third-order valence-corrected chi connectivity index (χ3v) is 3.23. The molecule has 0 saturated carbocycles. The van der Waals surface area contributed by atoms with Crippen molar-refractivity contribution < 1.29 is 4.74 Å². The normalized spacial score (nSPS) is 10.4. The van der Waals surface area contributed by atoms with Gasteiger partial charge in [-0.2, -0.15) is 0 Å². The van der Waals surface area contributed by atoms with E-state index in [-0.39, 0.29) is 0 Å². The van der Waals surface area contributed by atoms with Gasteiger partial charge in [0, 0.05) is 9.50 Å². The van der Waals surface area contributed by atoms with Crippen molar-refractivity contribution in [2.45, 2.75) is 6.42 Å². The van der Waals surface area contributed by atoms with E-state index < -0.39 is 0 Å². The molecular weight excluding hydrogens is 314 g/mol. The van der Waals surface area contributed by atoms with E-state index in [1.165, 1.54) is 0 Å². The highest BCUT2D eigenvalue weighted by molar-refractivity contribution is 9.10. The first-order valence-corrected chi connectivity index (χ1v) is 6.78. The molecule has 0 spiro atoms. The van der Waals surface area contributed by atoms with Gasteiger partial charge in [-0.15, -0.1) is 0 Å². The fourth-order valence-electron chi connectivity index (χ4n) is 1.62. The summed E-state index contributed by atoms with van der Waals surface area (Å²) in [5, 5.41) is 0.693. The fraction of sp³-hybridized carbons (Fsp3) is 0.143. The third-order valence-electron chi connectivity index (χ3n) is 2.48. The zero-order chi connectivity index (χ0) is 13.0. The van der Waals surface area contributed by atoms with E-state index in [0.29, 0.717) is 11.6 Å². The Kier molecular flexibility index (Phi) is 4.64. The van der Waals surface area contributed by atoms with E-state index in [1.807, 2.05) is 30.3 Å². The monoisotopic (exact) mass is 325 g/mol. The predicted octanol–water partition coefficient (Wildman–Crippen LogP) is 4.40. The van der Waals surface area contributed by atoms with E-state index in [4.69, 9.17) is 22.1 Å². The lowest BCUT2D eigenvalue weighted by molar-refractivity contribution is 0.476. The van der Waals surface area contributed by atoms with Crippen LogP contribution in [0.3, 0.4) is 0 Å². The molecule has 4 heteroatoms. The van der Waals surface area contributed by atoms with Crippen molar-refractivity contribution in [1.82, 2.24) is 0 Å². The molecule has 94 valence electrons. The van der Waals surface area contributed by atoms with Gasteiger partial charge in [0.05, 0.1) is 0 Å². The predicted molar refractivity (Wildman–Crippen MR) is 78.4 cm³/mol. The standard InChI is InChI=1S/C14H13BrClNO/c15-11-2-1-10(7-8-17)14(9-11)18-13-5-3-12(16)4-6-13/h1-6,9H,7-8,17H2. The SMILES string of the molecule is NCCc1ccc(Br)cc1Oc1ccc(Cl)cc1. The topological polar surface area (TPSA) is 35.2 Å². The lowest BCUT2D eigenvalue weighted by atomic mass is 10.1. The second kappa shape index (κ2) is 6.23. The summed E-state index contributed by atoms with van der Waals surface area (Å²) in [4.78, 5) is 0. The Hall–Kier alpha value is -1.03. The minimum absolute atomic E-state index is 0.596. The molecule has 18 heavy (non-hydrogen) atoms. The molecule has 0 fully saturated rings. The number of ether oxygens (including phenoxy) is 1. The summed E-state index contributed by atoms with van der Waals surface area (Å²) in [5.41, 5.74) is 6.69. The van der Waals surface area contributed by atoms with Crippen molar-refractivity contribution in [3.05, 3.63) is 57.5 Å². The van der Waals surface area contributed by atoms with E-state index in [9.17, 15) is 0 Å². The number of hydrogen-bond donors (Lipinski definition) is 1. The van der Waals surface area contributed by atoms with Crippen molar-refractivity contribution in [1.29, 1.82) is 0 Å². The van der Waals surface area contributed by atoms with Gasteiger partial charge in [-0.3, -0.25) is 0 Å². The van der Waals surface area contributed by atoms with Crippen molar-refractivity contribution >= 4 is 27.5 Å². The van der Waals surface area contributed by atoms with Crippen LogP contribution in [0.4, 0.5) is 0 Å². The Bertz CT molecular complexity index is 528. The number of nitrogens with two attached hydrogens (primary N) is 1.